The van der Waals surface area contributed by atoms with Crippen molar-refractivity contribution in [3.63, 3.8) is 0 Å². The van der Waals surface area contributed by atoms with Crippen LogP contribution < -0.4 is 10.6 Å². The SMILES string of the molecule is S=C1NCCNc2ccccc21. The van der Waals surface area contributed by atoms with Crippen molar-refractivity contribution in [2.75, 3.05) is 18.4 Å². The van der Waals surface area contributed by atoms with Crippen molar-refractivity contribution < 1.29 is 0 Å². The first kappa shape index (κ1) is 7.55. The largest absolute Gasteiger partial charge is 0.383 e. The van der Waals surface area contributed by atoms with Gasteiger partial charge in [-0.1, -0.05) is 24.4 Å². The maximum atomic E-state index is 5.20. The maximum absolute atomic E-state index is 5.20. The van der Waals surface area contributed by atoms with E-state index >= 15 is 0 Å². The number of nitrogens with one attached hydrogen (secondary N) is 2. The van der Waals surface area contributed by atoms with Crippen LogP contribution in [0.1, 0.15) is 5.56 Å². The Hall–Kier alpha value is -1.09. The van der Waals surface area contributed by atoms with Gasteiger partial charge in [0.05, 0.1) is 0 Å². The average Bonchev–Trinajstić information content (AvgIpc) is 2.29. The van der Waals surface area contributed by atoms with E-state index in [0.717, 1.165) is 29.3 Å². The number of thiocarbonyl (C=S) groups is 1. The van der Waals surface area contributed by atoms with E-state index in [2.05, 4.69) is 16.7 Å². The monoisotopic (exact) mass is 178 g/mol. The molecule has 2 N–H and O–H groups in total. The summed E-state index contributed by atoms with van der Waals surface area (Å²) in [7, 11) is 0. The van der Waals surface area contributed by atoms with Gasteiger partial charge < -0.3 is 10.6 Å². The predicted molar refractivity (Wildman–Crippen MR) is 54.6 cm³/mol. The fraction of sp³-hybridized carbons (Fsp3) is 0.222. The normalized spacial score (nSPS) is 15.5. The second kappa shape index (κ2) is 3.11. The summed E-state index contributed by atoms with van der Waals surface area (Å²) in [4.78, 5) is 0.843. The van der Waals surface area contributed by atoms with Crippen LogP contribution in [-0.4, -0.2) is 18.1 Å². The van der Waals surface area contributed by atoms with Crippen molar-refractivity contribution in [1.82, 2.24) is 5.32 Å². The van der Waals surface area contributed by atoms with Gasteiger partial charge in [-0.05, 0) is 12.1 Å². The Morgan fingerprint density at radius 2 is 1.83 bits per heavy atom. The van der Waals surface area contributed by atoms with Crippen LogP contribution in [0.5, 0.6) is 0 Å². The van der Waals surface area contributed by atoms with E-state index in [1.54, 1.807) is 0 Å². The highest BCUT2D eigenvalue weighted by molar-refractivity contribution is 7.80. The quantitative estimate of drug-likeness (QED) is 0.587. The van der Waals surface area contributed by atoms with Gasteiger partial charge in [0.1, 0.15) is 4.99 Å². The lowest BCUT2D eigenvalue weighted by molar-refractivity contribution is 0.931. The number of hydrogen-bond donors (Lipinski definition) is 2. The van der Waals surface area contributed by atoms with Crippen molar-refractivity contribution in [3.05, 3.63) is 29.8 Å². The van der Waals surface area contributed by atoms with E-state index in [-0.39, 0.29) is 0 Å². The lowest BCUT2D eigenvalue weighted by atomic mass is 10.2. The molecule has 1 aromatic carbocycles. The molecule has 0 bridgehead atoms. The molecule has 2 rings (SSSR count). The van der Waals surface area contributed by atoms with Gasteiger partial charge in [-0.15, -0.1) is 0 Å². The number of anilines is 1. The minimum absolute atomic E-state index is 0.843. The molecule has 0 aliphatic carbocycles. The summed E-state index contributed by atoms with van der Waals surface area (Å²) < 4.78 is 0. The average molecular weight is 178 g/mol. The molecule has 1 heterocycles. The van der Waals surface area contributed by atoms with Crippen molar-refractivity contribution in [2.45, 2.75) is 0 Å². The van der Waals surface area contributed by atoms with Gasteiger partial charge in [0.2, 0.25) is 0 Å². The highest BCUT2D eigenvalue weighted by Crippen LogP contribution is 2.16. The van der Waals surface area contributed by atoms with Crippen molar-refractivity contribution in [3.8, 4) is 0 Å². The first-order valence-electron chi connectivity index (χ1n) is 3.99. The summed E-state index contributed by atoms with van der Waals surface area (Å²) in [6.07, 6.45) is 0. The minimum atomic E-state index is 0.843. The van der Waals surface area contributed by atoms with Crippen molar-refractivity contribution >= 4 is 22.9 Å². The van der Waals surface area contributed by atoms with E-state index in [1.165, 1.54) is 0 Å². The molecule has 62 valence electrons. The number of benzene rings is 1. The van der Waals surface area contributed by atoms with E-state index in [1.807, 2.05) is 18.2 Å². The number of fused-ring (bicyclic) bond motifs is 1. The summed E-state index contributed by atoms with van der Waals surface area (Å²) >= 11 is 5.20. The molecule has 12 heavy (non-hydrogen) atoms. The van der Waals surface area contributed by atoms with Crippen LogP contribution in [0.2, 0.25) is 0 Å². The first-order valence-corrected chi connectivity index (χ1v) is 4.40. The van der Waals surface area contributed by atoms with Crippen LogP contribution in [0.25, 0.3) is 0 Å². The van der Waals surface area contributed by atoms with Gasteiger partial charge in [-0.25, -0.2) is 0 Å². The second-order valence-electron chi connectivity index (χ2n) is 2.73. The predicted octanol–water partition coefficient (Wildman–Crippen LogP) is 1.38. The molecule has 1 aliphatic rings. The van der Waals surface area contributed by atoms with E-state index in [4.69, 9.17) is 12.2 Å². The Morgan fingerprint density at radius 3 is 2.75 bits per heavy atom. The first-order chi connectivity index (χ1) is 5.88. The zero-order valence-electron chi connectivity index (χ0n) is 6.63. The topological polar surface area (TPSA) is 24.1 Å². The molecule has 0 spiro atoms. The molecular formula is C9H10N2S. The summed E-state index contributed by atoms with van der Waals surface area (Å²) in [5.74, 6) is 0. The molecule has 0 saturated heterocycles. The molecule has 0 unspecified atom stereocenters. The molecule has 0 amide bonds. The number of hydrogen-bond acceptors (Lipinski definition) is 2. The van der Waals surface area contributed by atoms with Crippen molar-refractivity contribution in [1.29, 1.82) is 0 Å². The lowest BCUT2D eigenvalue weighted by Crippen LogP contribution is -2.23. The van der Waals surface area contributed by atoms with Crippen LogP contribution in [0.3, 0.4) is 0 Å². The zero-order valence-corrected chi connectivity index (χ0v) is 7.45. The van der Waals surface area contributed by atoms with Crippen molar-refractivity contribution in [2.24, 2.45) is 0 Å². The molecule has 1 aliphatic heterocycles. The van der Waals surface area contributed by atoms with Crippen LogP contribution >= 0.6 is 12.2 Å². The Balaban J connectivity index is 2.46. The molecule has 3 heteroatoms. The van der Waals surface area contributed by atoms with Crippen LogP contribution in [0, 0.1) is 0 Å². The smallest absolute Gasteiger partial charge is 0.108 e. The Morgan fingerprint density at radius 1 is 1.08 bits per heavy atom. The fourth-order valence-corrected chi connectivity index (χ4v) is 1.58. The molecule has 0 atom stereocenters. The molecule has 1 aromatic rings. The second-order valence-corrected chi connectivity index (χ2v) is 3.14. The van der Waals surface area contributed by atoms with E-state index in [9.17, 15) is 0 Å². The number of para-hydroxylation sites is 1. The summed E-state index contributed by atoms with van der Waals surface area (Å²) in [5, 5.41) is 6.48. The van der Waals surface area contributed by atoms with E-state index < -0.39 is 0 Å². The number of rotatable bonds is 0. The van der Waals surface area contributed by atoms with E-state index in [0.29, 0.717) is 0 Å². The Kier molecular flexibility index (Phi) is 1.96. The Bertz CT molecular complexity index is 309. The van der Waals surface area contributed by atoms with Gasteiger partial charge in [0, 0.05) is 24.3 Å². The molecule has 0 aromatic heterocycles. The zero-order chi connectivity index (χ0) is 8.39. The summed E-state index contributed by atoms with van der Waals surface area (Å²) in [5.41, 5.74) is 2.23. The van der Waals surface area contributed by atoms with Crippen LogP contribution in [0.15, 0.2) is 24.3 Å². The van der Waals surface area contributed by atoms with Gasteiger partial charge >= 0.3 is 0 Å². The molecule has 2 nitrogen and oxygen atoms in total. The van der Waals surface area contributed by atoms with Crippen LogP contribution in [-0.2, 0) is 0 Å². The third-order valence-electron chi connectivity index (χ3n) is 1.90. The lowest BCUT2D eigenvalue weighted by Gasteiger charge is -2.05. The van der Waals surface area contributed by atoms with Crippen LogP contribution in [0.4, 0.5) is 5.69 Å². The molecule has 0 fully saturated rings. The highest BCUT2D eigenvalue weighted by atomic mass is 32.1. The summed E-state index contributed by atoms with van der Waals surface area (Å²) in [6.45, 7) is 1.82. The molecular weight excluding hydrogens is 168 g/mol. The van der Waals surface area contributed by atoms with Gasteiger partial charge in [-0.2, -0.15) is 0 Å². The third-order valence-corrected chi connectivity index (χ3v) is 2.26. The molecule has 0 radical (unpaired) electrons. The fourth-order valence-electron chi connectivity index (χ4n) is 1.30. The third kappa shape index (κ3) is 1.28. The van der Waals surface area contributed by atoms with Gasteiger partial charge in [-0.3, -0.25) is 0 Å². The van der Waals surface area contributed by atoms with Gasteiger partial charge in [0.15, 0.2) is 0 Å². The summed E-state index contributed by atoms with van der Waals surface area (Å²) in [6, 6.07) is 8.09. The highest BCUT2D eigenvalue weighted by Gasteiger charge is 2.08. The van der Waals surface area contributed by atoms with Gasteiger partial charge in [0.25, 0.3) is 0 Å². The molecule has 0 saturated carbocycles. The Labute approximate surface area is 77.0 Å². The maximum Gasteiger partial charge on any atom is 0.108 e. The minimum Gasteiger partial charge on any atom is -0.383 e. The standard InChI is InChI=1S/C9H10N2S/c12-9-7-3-1-2-4-8(7)10-5-6-11-9/h1-4,10H,5-6H2,(H,11,12).